The topological polar surface area (TPSA) is 131 Å². The number of nitrogens with two attached hydrogens (primary N) is 1. The van der Waals surface area contributed by atoms with Gasteiger partial charge in [-0.05, 0) is 17.5 Å². The third-order valence-electron chi connectivity index (χ3n) is 4.27. The van der Waals surface area contributed by atoms with Crippen LogP contribution in [-0.2, 0) is 17.8 Å². The summed E-state index contributed by atoms with van der Waals surface area (Å²) in [5, 5.41) is 15.8. The van der Waals surface area contributed by atoms with Crippen molar-refractivity contribution in [2.45, 2.75) is 13.0 Å². The van der Waals surface area contributed by atoms with Crippen molar-refractivity contribution in [2.75, 3.05) is 26.2 Å². The minimum absolute atomic E-state index is 0.0145. The van der Waals surface area contributed by atoms with E-state index in [1.807, 2.05) is 30.3 Å². The molecule has 2 aromatic rings. The molecule has 4 N–H and O–H groups in total. The number of hydrogen-bond acceptors (Lipinski definition) is 5. The molecule has 0 atom stereocenters. The Balaban J connectivity index is 1.75. The van der Waals surface area contributed by atoms with E-state index >= 15 is 0 Å². The molecule has 2 aromatic carbocycles. The Labute approximate surface area is 169 Å². The largest absolute Gasteiger partial charge is 0.340 e. The van der Waals surface area contributed by atoms with Crippen LogP contribution in [0.5, 0.6) is 0 Å². The number of benzene rings is 2. The summed E-state index contributed by atoms with van der Waals surface area (Å²) >= 11 is 0. The van der Waals surface area contributed by atoms with Gasteiger partial charge in [0, 0.05) is 38.3 Å². The van der Waals surface area contributed by atoms with Crippen molar-refractivity contribution >= 4 is 17.6 Å². The van der Waals surface area contributed by atoms with Crippen molar-refractivity contribution in [2.24, 2.45) is 5.73 Å². The van der Waals surface area contributed by atoms with Gasteiger partial charge in [0.1, 0.15) is 0 Å². The van der Waals surface area contributed by atoms with Gasteiger partial charge in [0.2, 0.25) is 5.91 Å². The molecule has 0 radical (unpaired) electrons. The normalized spacial score (nSPS) is 10.2. The molecule has 0 spiro atoms. The summed E-state index contributed by atoms with van der Waals surface area (Å²) in [5.74, 6) is -0.211. The maximum atomic E-state index is 12.4. The van der Waals surface area contributed by atoms with E-state index in [-0.39, 0.29) is 24.7 Å². The Bertz CT molecular complexity index is 811. The highest BCUT2D eigenvalue weighted by atomic mass is 16.6. The summed E-state index contributed by atoms with van der Waals surface area (Å²) in [4.78, 5) is 36.1. The molecular formula is C20H25N5O4. The first-order valence-corrected chi connectivity index (χ1v) is 9.26. The molecule has 0 fully saturated rings. The highest BCUT2D eigenvalue weighted by Crippen LogP contribution is 2.11. The molecule has 0 saturated heterocycles. The first-order chi connectivity index (χ1) is 14.0. The molecule has 0 bridgehead atoms. The van der Waals surface area contributed by atoms with Crippen molar-refractivity contribution in [3.05, 3.63) is 75.8 Å². The highest BCUT2D eigenvalue weighted by molar-refractivity contribution is 5.84. The summed E-state index contributed by atoms with van der Waals surface area (Å²) in [5.41, 5.74) is 7.42. The van der Waals surface area contributed by atoms with Gasteiger partial charge < -0.3 is 21.3 Å². The summed E-state index contributed by atoms with van der Waals surface area (Å²) in [7, 11) is 0. The second-order valence-electron chi connectivity index (χ2n) is 6.36. The lowest BCUT2D eigenvalue weighted by Gasteiger charge is -2.22. The third kappa shape index (κ3) is 7.59. The number of amides is 3. The second kappa shape index (κ2) is 11.4. The molecule has 0 aliphatic heterocycles. The summed E-state index contributed by atoms with van der Waals surface area (Å²) in [6, 6.07) is 15.2. The van der Waals surface area contributed by atoms with Crippen LogP contribution in [0.15, 0.2) is 54.6 Å². The van der Waals surface area contributed by atoms with Crippen molar-refractivity contribution in [1.82, 2.24) is 15.5 Å². The number of carbonyl (C=O) groups excluding carboxylic acids is 2. The quantitative estimate of drug-likeness (QED) is 0.411. The molecule has 9 nitrogen and oxygen atoms in total. The number of rotatable bonds is 10. The number of nitrogens with zero attached hydrogens (tertiary/aromatic N) is 2. The van der Waals surface area contributed by atoms with E-state index in [9.17, 15) is 19.7 Å². The molecular weight excluding hydrogens is 374 g/mol. The van der Waals surface area contributed by atoms with Crippen LogP contribution in [0.4, 0.5) is 10.5 Å². The molecule has 0 aliphatic carbocycles. The number of nitrogens with one attached hydrogen (secondary N) is 2. The van der Waals surface area contributed by atoms with Gasteiger partial charge in [0.25, 0.3) is 5.69 Å². The lowest BCUT2D eigenvalue weighted by atomic mass is 10.1. The second-order valence-corrected chi connectivity index (χ2v) is 6.36. The van der Waals surface area contributed by atoms with Crippen molar-refractivity contribution in [1.29, 1.82) is 0 Å². The van der Waals surface area contributed by atoms with E-state index in [4.69, 9.17) is 5.73 Å². The fraction of sp³-hybridized carbons (Fsp3) is 0.300. The van der Waals surface area contributed by atoms with Gasteiger partial charge in [-0.3, -0.25) is 14.9 Å². The Morgan fingerprint density at radius 3 is 2.28 bits per heavy atom. The summed E-state index contributed by atoms with van der Waals surface area (Å²) in [6.45, 7) is 1.33. The van der Waals surface area contributed by atoms with Gasteiger partial charge in [-0.15, -0.1) is 0 Å². The molecule has 3 amide bonds. The Morgan fingerprint density at radius 2 is 1.66 bits per heavy atom. The van der Waals surface area contributed by atoms with Gasteiger partial charge in [-0.1, -0.05) is 42.5 Å². The standard InChI is InChI=1S/C20H25N5O4/c21-11-13-24(12-10-16-4-2-1-3-5-16)19(26)15-23-20(27)22-14-17-6-8-18(9-7-17)25(28)29/h1-9H,10-15,21H2,(H2,22,23,27). The van der Waals surface area contributed by atoms with Crippen LogP contribution in [0.25, 0.3) is 0 Å². The minimum Gasteiger partial charge on any atom is -0.340 e. The minimum atomic E-state index is -0.493. The zero-order valence-electron chi connectivity index (χ0n) is 16.0. The zero-order valence-corrected chi connectivity index (χ0v) is 16.0. The average Bonchev–Trinajstić information content (AvgIpc) is 2.74. The van der Waals surface area contributed by atoms with Crippen LogP contribution in [0, 0.1) is 10.1 Å². The maximum Gasteiger partial charge on any atom is 0.315 e. The maximum absolute atomic E-state index is 12.4. The number of nitro benzene ring substituents is 1. The van der Waals surface area contributed by atoms with Gasteiger partial charge >= 0.3 is 6.03 Å². The van der Waals surface area contributed by atoms with E-state index in [2.05, 4.69) is 10.6 Å². The molecule has 2 rings (SSSR count). The van der Waals surface area contributed by atoms with E-state index in [0.29, 0.717) is 31.6 Å². The Hall–Kier alpha value is -3.46. The molecule has 29 heavy (non-hydrogen) atoms. The summed E-state index contributed by atoms with van der Waals surface area (Å²) in [6.07, 6.45) is 0.707. The van der Waals surface area contributed by atoms with Crippen LogP contribution >= 0.6 is 0 Å². The first kappa shape index (κ1) is 21.8. The van der Waals surface area contributed by atoms with Crippen molar-refractivity contribution in [3.8, 4) is 0 Å². The van der Waals surface area contributed by atoms with Gasteiger partial charge in [0.05, 0.1) is 11.5 Å². The van der Waals surface area contributed by atoms with E-state index in [1.54, 1.807) is 17.0 Å². The lowest BCUT2D eigenvalue weighted by molar-refractivity contribution is -0.384. The van der Waals surface area contributed by atoms with Gasteiger partial charge in [-0.25, -0.2) is 4.79 Å². The molecule has 0 aliphatic rings. The Kier molecular flexibility index (Phi) is 8.58. The fourth-order valence-corrected chi connectivity index (χ4v) is 2.67. The number of nitro groups is 1. The van der Waals surface area contributed by atoms with Crippen LogP contribution in [0.3, 0.4) is 0 Å². The molecule has 0 aromatic heterocycles. The van der Waals surface area contributed by atoms with Crippen LogP contribution in [-0.4, -0.2) is 47.9 Å². The smallest absolute Gasteiger partial charge is 0.315 e. The molecule has 0 saturated carbocycles. The predicted molar refractivity (Wildman–Crippen MR) is 109 cm³/mol. The highest BCUT2D eigenvalue weighted by Gasteiger charge is 2.14. The molecule has 154 valence electrons. The van der Waals surface area contributed by atoms with Crippen molar-refractivity contribution < 1.29 is 14.5 Å². The van der Waals surface area contributed by atoms with E-state index in [0.717, 1.165) is 5.56 Å². The SMILES string of the molecule is NCCN(CCc1ccccc1)C(=O)CNC(=O)NCc1ccc([N+](=O)[O-])cc1. The molecule has 0 heterocycles. The predicted octanol–water partition coefficient (Wildman–Crippen LogP) is 1.42. The lowest BCUT2D eigenvalue weighted by Crippen LogP contribution is -2.45. The summed E-state index contributed by atoms with van der Waals surface area (Å²) < 4.78 is 0. The number of non-ortho nitro benzene ring substituents is 1. The number of hydrogen-bond donors (Lipinski definition) is 3. The van der Waals surface area contributed by atoms with Gasteiger partial charge in [-0.2, -0.15) is 0 Å². The van der Waals surface area contributed by atoms with Gasteiger partial charge in [0.15, 0.2) is 0 Å². The van der Waals surface area contributed by atoms with Crippen LogP contribution < -0.4 is 16.4 Å². The van der Waals surface area contributed by atoms with Crippen LogP contribution in [0.2, 0.25) is 0 Å². The first-order valence-electron chi connectivity index (χ1n) is 9.26. The third-order valence-corrected chi connectivity index (χ3v) is 4.27. The molecule has 9 heteroatoms. The fourth-order valence-electron chi connectivity index (χ4n) is 2.67. The van der Waals surface area contributed by atoms with Crippen molar-refractivity contribution in [3.63, 3.8) is 0 Å². The molecule has 0 unspecified atom stereocenters. The van der Waals surface area contributed by atoms with Crippen LogP contribution in [0.1, 0.15) is 11.1 Å². The number of carbonyl (C=O) groups is 2. The zero-order chi connectivity index (χ0) is 21.1. The van der Waals surface area contributed by atoms with E-state index < -0.39 is 11.0 Å². The monoisotopic (exact) mass is 399 g/mol. The average molecular weight is 399 g/mol. The Morgan fingerprint density at radius 1 is 0.966 bits per heavy atom. The van der Waals surface area contributed by atoms with E-state index in [1.165, 1.54) is 12.1 Å². The number of urea groups is 1.